The van der Waals surface area contributed by atoms with Gasteiger partial charge in [0.15, 0.2) is 0 Å². The van der Waals surface area contributed by atoms with Gasteiger partial charge in [-0.3, -0.25) is 9.59 Å². The number of hydrogen-bond donors (Lipinski definition) is 1. The Morgan fingerprint density at radius 3 is 2.80 bits per heavy atom. The van der Waals surface area contributed by atoms with Gasteiger partial charge in [0.05, 0.1) is 7.11 Å². The molecule has 1 aliphatic rings. The van der Waals surface area contributed by atoms with Crippen LogP contribution in [0.25, 0.3) is 0 Å². The predicted molar refractivity (Wildman–Crippen MR) is 76.8 cm³/mol. The number of nitrogens with one attached hydrogen (secondary N) is 1. The third-order valence-electron chi connectivity index (χ3n) is 3.47. The number of rotatable bonds is 4. The average molecular weight is 276 g/mol. The molecular formula is C15H20N2O3. The minimum Gasteiger partial charge on any atom is -0.468 e. The number of anilines is 1. The first-order chi connectivity index (χ1) is 9.52. The van der Waals surface area contributed by atoms with Crippen molar-refractivity contribution in [3.63, 3.8) is 0 Å². The molecule has 0 spiro atoms. The summed E-state index contributed by atoms with van der Waals surface area (Å²) in [5.41, 5.74) is 2.85. The number of nitrogens with zero attached hydrogens (tertiary/aromatic N) is 1. The monoisotopic (exact) mass is 276 g/mol. The molecule has 0 atom stereocenters. The van der Waals surface area contributed by atoms with Crippen LogP contribution in [0.2, 0.25) is 0 Å². The molecule has 0 bridgehead atoms. The molecule has 1 aliphatic heterocycles. The lowest BCUT2D eigenvalue weighted by Gasteiger charge is -2.25. The van der Waals surface area contributed by atoms with Crippen LogP contribution in [0.1, 0.15) is 29.8 Å². The van der Waals surface area contributed by atoms with Gasteiger partial charge in [0.2, 0.25) is 0 Å². The Morgan fingerprint density at radius 2 is 2.15 bits per heavy atom. The molecule has 0 aromatic heterocycles. The van der Waals surface area contributed by atoms with Crippen molar-refractivity contribution in [2.45, 2.75) is 26.3 Å². The summed E-state index contributed by atoms with van der Waals surface area (Å²) in [6, 6.07) is 5.57. The van der Waals surface area contributed by atoms with E-state index < -0.39 is 5.97 Å². The van der Waals surface area contributed by atoms with E-state index >= 15 is 0 Å². The second kappa shape index (κ2) is 5.94. The molecule has 20 heavy (non-hydrogen) atoms. The zero-order valence-electron chi connectivity index (χ0n) is 12.1. The largest absolute Gasteiger partial charge is 0.468 e. The van der Waals surface area contributed by atoms with Crippen LogP contribution in [-0.4, -0.2) is 43.0 Å². The number of hydrogen-bond acceptors (Lipinski definition) is 4. The zero-order chi connectivity index (χ0) is 14.7. The van der Waals surface area contributed by atoms with E-state index in [2.05, 4.69) is 10.1 Å². The Kier molecular flexibility index (Phi) is 4.27. The van der Waals surface area contributed by atoms with E-state index in [1.807, 2.05) is 26.0 Å². The van der Waals surface area contributed by atoms with E-state index in [1.54, 1.807) is 6.07 Å². The van der Waals surface area contributed by atoms with Crippen molar-refractivity contribution >= 4 is 17.6 Å². The quantitative estimate of drug-likeness (QED) is 0.850. The van der Waals surface area contributed by atoms with Crippen molar-refractivity contribution in [1.82, 2.24) is 4.90 Å². The van der Waals surface area contributed by atoms with Gasteiger partial charge in [-0.2, -0.15) is 0 Å². The summed E-state index contributed by atoms with van der Waals surface area (Å²) in [6.07, 6.45) is 0.926. The third-order valence-corrected chi connectivity index (χ3v) is 3.47. The smallest absolute Gasteiger partial charge is 0.325 e. The van der Waals surface area contributed by atoms with Crippen molar-refractivity contribution in [2.24, 2.45) is 0 Å². The maximum Gasteiger partial charge on any atom is 0.325 e. The molecule has 1 aromatic carbocycles. The number of benzene rings is 1. The maximum absolute atomic E-state index is 12.5. The normalized spacial score (nSPS) is 12.8. The molecule has 1 amide bonds. The summed E-state index contributed by atoms with van der Waals surface area (Å²) in [7, 11) is 1.33. The molecule has 5 nitrogen and oxygen atoms in total. The van der Waals surface area contributed by atoms with Gasteiger partial charge < -0.3 is 15.0 Å². The highest BCUT2D eigenvalue weighted by molar-refractivity contribution is 5.97. The van der Waals surface area contributed by atoms with E-state index in [-0.39, 0.29) is 18.5 Å². The van der Waals surface area contributed by atoms with Crippen LogP contribution < -0.4 is 5.32 Å². The molecule has 0 saturated heterocycles. The van der Waals surface area contributed by atoms with Crippen LogP contribution in [0.3, 0.4) is 0 Å². The minimum atomic E-state index is -0.408. The molecule has 0 radical (unpaired) electrons. The fourth-order valence-corrected chi connectivity index (χ4v) is 2.30. The summed E-state index contributed by atoms with van der Waals surface area (Å²) in [5.74, 6) is -0.546. The number of carbonyl (C=O) groups is 2. The van der Waals surface area contributed by atoms with Gasteiger partial charge in [-0.15, -0.1) is 0 Å². The lowest BCUT2D eigenvalue weighted by atomic mass is 10.1. The van der Waals surface area contributed by atoms with Gasteiger partial charge in [0, 0.05) is 23.8 Å². The molecule has 5 heteroatoms. The predicted octanol–water partition coefficient (Wildman–Crippen LogP) is 1.68. The Labute approximate surface area is 118 Å². The van der Waals surface area contributed by atoms with Gasteiger partial charge in [0.25, 0.3) is 5.91 Å². The highest BCUT2D eigenvalue weighted by Crippen LogP contribution is 2.24. The van der Waals surface area contributed by atoms with Crippen molar-refractivity contribution < 1.29 is 14.3 Å². The molecule has 1 aromatic rings. The molecule has 2 rings (SSSR count). The summed E-state index contributed by atoms with van der Waals surface area (Å²) in [5, 5.41) is 3.26. The minimum absolute atomic E-state index is 0.0255. The maximum atomic E-state index is 12.5. The van der Waals surface area contributed by atoms with Crippen LogP contribution in [0.15, 0.2) is 18.2 Å². The first kappa shape index (κ1) is 14.4. The van der Waals surface area contributed by atoms with Gasteiger partial charge in [-0.1, -0.05) is 0 Å². The number of carbonyl (C=O) groups excluding carboxylic acids is 2. The molecular weight excluding hydrogens is 256 g/mol. The summed E-state index contributed by atoms with van der Waals surface area (Å²) >= 11 is 0. The number of ether oxygens (including phenoxy) is 1. The lowest BCUT2D eigenvalue weighted by Crippen LogP contribution is -2.41. The third kappa shape index (κ3) is 2.92. The van der Waals surface area contributed by atoms with Gasteiger partial charge >= 0.3 is 5.97 Å². The second-order valence-electron chi connectivity index (χ2n) is 5.15. The second-order valence-corrected chi connectivity index (χ2v) is 5.15. The topological polar surface area (TPSA) is 58.6 Å². The van der Waals surface area contributed by atoms with Crippen molar-refractivity contribution in [3.8, 4) is 0 Å². The molecule has 1 heterocycles. The van der Waals surface area contributed by atoms with Crippen molar-refractivity contribution in [2.75, 3.05) is 25.5 Å². The molecule has 0 saturated carbocycles. The van der Waals surface area contributed by atoms with Gasteiger partial charge in [0.1, 0.15) is 6.54 Å². The standard InChI is InChI=1S/C15H20N2O3/c1-10(2)17(9-14(18)20-3)15(19)12-4-5-13-11(8-12)6-7-16-13/h4-5,8,10,16H,6-7,9H2,1-3H3. The van der Waals surface area contributed by atoms with Crippen molar-refractivity contribution in [3.05, 3.63) is 29.3 Å². The first-order valence-electron chi connectivity index (χ1n) is 6.77. The summed E-state index contributed by atoms with van der Waals surface area (Å²) in [6.45, 7) is 4.65. The Bertz CT molecular complexity index is 526. The fraction of sp³-hybridized carbons (Fsp3) is 0.467. The molecule has 108 valence electrons. The molecule has 0 fully saturated rings. The molecule has 0 unspecified atom stereocenters. The number of esters is 1. The average Bonchev–Trinajstić information content (AvgIpc) is 2.90. The van der Waals surface area contributed by atoms with Crippen molar-refractivity contribution in [1.29, 1.82) is 0 Å². The van der Waals surface area contributed by atoms with Crippen LogP contribution in [-0.2, 0) is 16.0 Å². The Balaban J connectivity index is 2.21. The van der Waals surface area contributed by atoms with Gasteiger partial charge in [-0.25, -0.2) is 0 Å². The van der Waals surface area contributed by atoms with E-state index in [1.165, 1.54) is 12.0 Å². The van der Waals surface area contributed by atoms with Crippen LogP contribution >= 0.6 is 0 Å². The van der Waals surface area contributed by atoms with E-state index in [0.29, 0.717) is 5.56 Å². The van der Waals surface area contributed by atoms with E-state index in [4.69, 9.17) is 0 Å². The van der Waals surface area contributed by atoms with E-state index in [0.717, 1.165) is 24.2 Å². The fourth-order valence-electron chi connectivity index (χ4n) is 2.30. The van der Waals surface area contributed by atoms with Gasteiger partial charge in [-0.05, 0) is 44.0 Å². The first-order valence-corrected chi connectivity index (χ1v) is 6.77. The number of amides is 1. The lowest BCUT2D eigenvalue weighted by molar-refractivity contribution is -0.141. The highest BCUT2D eigenvalue weighted by Gasteiger charge is 2.23. The highest BCUT2D eigenvalue weighted by atomic mass is 16.5. The Hall–Kier alpha value is -2.04. The number of fused-ring (bicyclic) bond motifs is 1. The van der Waals surface area contributed by atoms with Crippen LogP contribution in [0.4, 0.5) is 5.69 Å². The Morgan fingerprint density at radius 1 is 1.40 bits per heavy atom. The summed E-state index contributed by atoms with van der Waals surface area (Å²) < 4.78 is 4.65. The number of methoxy groups -OCH3 is 1. The SMILES string of the molecule is COC(=O)CN(C(=O)c1ccc2c(c1)CCN2)C(C)C. The summed E-state index contributed by atoms with van der Waals surface area (Å²) in [4.78, 5) is 25.5. The van der Waals surface area contributed by atoms with E-state index in [9.17, 15) is 9.59 Å². The zero-order valence-corrected chi connectivity index (χ0v) is 12.1. The van der Waals surface area contributed by atoms with Crippen LogP contribution in [0.5, 0.6) is 0 Å². The van der Waals surface area contributed by atoms with Crippen LogP contribution in [0, 0.1) is 0 Å². The molecule has 1 N–H and O–H groups in total. The molecule has 0 aliphatic carbocycles.